The summed E-state index contributed by atoms with van der Waals surface area (Å²) in [6, 6.07) is 74.5. The highest BCUT2D eigenvalue weighted by atomic mass is 16.3. The minimum absolute atomic E-state index is 0.640. The lowest BCUT2D eigenvalue weighted by molar-refractivity contribution is 0.531. The molecule has 2 nitrogen and oxygen atoms in total. The molecule has 1 heterocycles. The zero-order valence-corrected chi connectivity index (χ0v) is 43.3. The highest BCUT2D eigenvalue weighted by Gasteiger charge is 2.41. The number of fused-ring (bicyclic) bond motifs is 1. The van der Waals surface area contributed by atoms with Crippen LogP contribution in [0.1, 0.15) is 119 Å². The van der Waals surface area contributed by atoms with E-state index in [1.54, 1.807) is 0 Å². The first kappa shape index (κ1) is 52.8. The third-order valence-corrected chi connectivity index (χ3v) is 12.2. The van der Waals surface area contributed by atoms with Crippen LogP contribution in [0.2, 0.25) is 0 Å². The minimum atomic E-state index is -0.640. The van der Waals surface area contributed by atoms with Crippen LogP contribution in [0, 0.1) is 13.8 Å². The number of aryl methyl sites for hydroxylation is 4. The number of allylic oxidation sites excluding steroid dienone is 1. The van der Waals surface area contributed by atoms with E-state index in [0.29, 0.717) is 0 Å². The molecule has 0 saturated heterocycles. The molecule has 0 bridgehead atoms. The van der Waals surface area contributed by atoms with Gasteiger partial charge in [-0.1, -0.05) is 243 Å². The Balaban J connectivity index is 0.000000482. The average Bonchev–Trinajstić information content (AvgIpc) is 3.79. The van der Waals surface area contributed by atoms with Crippen LogP contribution >= 0.6 is 0 Å². The van der Waals surface area contributed by atoms with Gasteiger partial charge in [-0.05, 0) is 109 Å². The van der Waals surface area contributed by atoms with Crippen LogP contribution in [0.25, 0.3) is 28.2 Å². The Morgan fingerprint density at radius 2 is 0.942 bits per heavy atom. The van der Waals surface area contributed by atoms with E-state index in [1.165, 1.54) is 55.5 Å². The van der Waals surface area contributed by atoms with Crippen molar-refractivity contribution >= 4 is 34.1 Å². The molecule has 0 aliphatic heterocycles. The maximum atomic E-state index is 6.95. The molecule has 0 atom stereocenters. The highest BCUT2D eigenvalue weighted by molar-refractivity contribution is 5.89. The molecule has 1 aromatic heterocycles. The minimum Gasteiger partial charge on any atom is -0.460 e. The van der Waals surface area contributed by atoms with Crippen molar-refractivity contribution in [1.29, 1.82) is 0 Å². The van der Waals surface area contributed by atoms with E-state index in [9.17, 15) is 0 Å². The van der Waals surface area contributed by atoms with Crippen molar-refractivity contribution in [2.75, 3.05) is 4.90 Å². The van der Waals surface area contributed by atoms with E-state index < -0.39 is 5.41 Å². The first-order chi connectivity index (χ1) is 34.0. The summed E-state index contributed by atoms with van der Waals surface area (Å²) in [7, 11) is 0. The molecule has 354 valence electrons. The summed E-state index contributed by atoms with van der Waals surface area (Å²) in [5.74, 6) is 1.11. The molecule has 2 heteroatoms. The molecule has 0 saturated carbocycles. The number of hydrogen-bond acceptors (Lipinski definition) is 2. The molecule has 9 aromatic rings. The lowest BCUT2D eigenvalue weighted by atomic mass is 9.64. The summed E-state index contributed by atoms with van der Waals surface area (Å²) >= 11 is 0. The summed E-state index contributed by atoms with van der Waals surface area (Å²) in [4.78, 5) is 2.35. The standard InChI is InChI=1S/C51H45NO.C10H12.3C2H6/c1-4-16-49-46(5-2)47-23-15-24-48(50(47)53-49)51(40-19-11-7-12-20-40,41-21-13-8-14-22-41)42-29-35-45(36-30-42)52(43-31-25-37(3)26-32-43)44-33-27-39(28-34-44)38-17-9-6-10-18-38;1-3-6-10-8-5-4-7-9(10)2;3*1-2/h6-15,17-36H,4-5,16H2,1-3H3;3-8H,1-2H3;3*1-2H3/b;6-3-;;;. The van der Waals surface area contributed by atoms with Crippen molar-refractivity contribution in [2.45, 2.75) is 101 Å². The second-order valence-corrected chi connectivity index (χ2v) is 16.3. The quantitative estimate of drug-likeness (QED) is 0.114. The van der Waals surface area contributed by atoms with Crippen molar-refractivity contribution < 1.29 is 4.42 Å². The van der Waals surface area contributed by atoms with E-state index in [2.05, 4.69) is 251 Å². The van der Waals surface area contributed by atoms with Gasteiger partial charge in [-0.25, -0.2) is 0 Å². The Morgan fingerprint density at radius 1 is 0.478 bits per heavy atom. The molecular formula is C67H75NO. The van der Waals surface area contributed by atoms with Crippen molar-refractivity contribution in [3.63, 3.8) is 0 Å². The molecule has 9 rings (SSSR count). The average molecular weight is 910 g/mol. The molecule has 0 aliphatic carbocycles. The Morgan fingerprint density at radius 3 is 1.45 bits per heavy atom. The van der Waals surface area contributed by atoms with Crippen molar-refractivity contribution in [2.24, 2.45) is 0 Å². The fourth-order valence-electron chi connectivity index (χ4n) is 9.06. The van der Waals surface area contributed by atoms with Gasteiger partial charge < -0.3 is 9.32 Å². The monoisotopic (exact) mass is 910 g/mol. The lowest BCUT2D eigenvalue weighted by Crippen LogP contribution is -2.31. The van der Waals surface area contributed by atoms with Crippen LogP contribution in [0.4, 0.5) is 17.1 Å². The van der Waals surface area contributed by atoms with Gasteiger partial charge in [0.2, 0.25) is 0 Å². The Bertz CT molecular complexity index is 2830. The third-order valence-electron chi connectivity index (χ3n) is 12.2. The predicted molar refractivity (Wildman–Crippen MR) is 303 cm³/mol. The van der Waals surface area contributed by atoms with Gasteiger partial charge in [0.15, 0.2) is 0 Å². The number of nitrogens with zero attached hydrogens (tertiary/aromatic N) is 1. The number of para-hydroxylation sites is 1. The molecule has 0 aliphatic rings. The molecule has 0 unspecified atom stereocenters. The topological polar surface area (TPSA) is 16.4 Å². The smallest absolute Gasteiger partial charge is 0.139 e. The maximum Gasteiger partial charge on any atom is 0.139 e. The van der Waals surface area contributed by atoms with Crippen molar-refractivity contribution in [3.8, 4) is 11.1 Å². The SMILES string of the molecule is C/C=C\c1ccccc1C.CC.CC.CC.CCCc1oc2c(C(c3ccccc3)(c3ccccc3)c3ccc(N(c4ccc(C)cc4)c4ccc(-c5ccccc5)cc4)cc3)cccc2c1CC. The molecule has 8 aromatic carbocycles. The van der Waals surface area contributed by atoms with Crippen LogP contribution < -0.4 is 4.90 Å². The summed E-state index contributed by atoms with van der Waals surface area (Å²) in [6.45, 7) is 22.8. The Hall–Kier alpha value is -7.16. The van der Waals surface area contributed by atoms with Crippen LogP contribution in [0.5, 0.6) is 0 Å². The number of anilines is 3. The number of benzene rings is 8. The summed E-state index contributed by atoms with van der Waals surface area (Å²) < 4.78 is 6.95. The molecule has 0 amide bonds. The lowest BCUT2D eigenvalue weighted by Gasteiger charge is -2.37. The van der Waals surface area contributed by atoms with E-state index >= 15 is 0 Å². The molecule has 69 heavy (non-hydrogen) atoms. The normalized spacial score (nSPS) is 10.7. The van der Waals surface area contributed by atoms with Gasteiger partial charge in [-0.2, -0.15) is 0 Å². The molecule has 0 spiro atoms. The maximum absolute atomic E-state index is 6.95. The molecule has 0 radical (unpaired) electrons. The number of rotatable bonds is 12. The summed E-state index contributed by atoms with van der Waals surface area (Å²) in [5, 5.41) is 1.21. The van der Waals surface area contributed by atoms with Crippen LogP contribution in [0.15, 0.2) is 217 Å². The highest BCUT2D eigenvalue weighted by Crippen LogP contribution is 2.49. The van der Waals surface area contributed by atoms with Crippen molar-refractivity contribution in [3.05, 3.63) is 263 Å². The predicted octanol–water partition coefficient (Wildman–Crippen LogP) is 19.9. The van der Waals surface area contributed by atoms with E-state index in [1.807, 2.05) is 48.5 Å². The zero-order valence-electron chi connectivity index (χ0n) is 43.3. The first-order valence-corrected chi connectivity index (χ1v) is 25.4. The van der Waals surface area contributed by atoms with E-state index in [0.717, 1.165) is 53.2 Å². The van der Waals surface area contributed by atoms with Gasteiger partial charge in [-0.3, -0.25) is 0 Å². The molecule has 0 fully saturated rings. The fourth-order valence-corrected chi connectivity index (χ4v) is 9.06. The second-order valence-electron chi connectivity index (χ2n) is 16.3. The second kappa shape index (κ2) is 27.0. The number of hydrogen-bond donors (Lipinski definition) is 0. The fraction of sp³-hybridized carbons (Fsp3) is 0.224. The summed E-state index contributed by atoms with van der Waals surface area (Å²) in [5.41, 5.74) is 16.0. The number of furan rings is 1. The first-order valence-electron chi connectivity index (χ1n) is 25.4. The van der Waals surface area contributed by atoms with Crippen molar-refractivity contribution in [1.82, 2.24) is 0 Å². The van der Waals surface area contributed by atoms with Crippen LogP contribution in [-0.2, 0) is 18.3 Å². The van der Waals surface area contributed by atoms with Gasteiger partial charge >= 0.3 is 0 Å². The summed E-state index contributed by atoms with van der Waals surface area (Å²) in [6.07, 6.45) is 7.08. The van der Waals surface area contributed by atoms with Gasteiger partial charge in [0.25, 0.3) is 0 Å². The zero-order chi connectivity index (χ0) is 49.6. The van der Waals surface area contributed by atoms with Gasteiger partial charge in [0.1, 0.15) is 11.3 Å². The van der Waals surface area contributed by atoms with Crippen LogP contribution in [0.3, 0.4) is 0 Å². The van der Waals surface area contributed by atoms with Gasteiger partial charge in [0.05, 0.1) is 5.41 Å². The van der Waals surface area contributed by atoms with E-state index in [-0.39, 0.29) is 0 Å². The largest absolute Gasteiger partial charge is 0.460 e. The van der Waals surface area contributed by atoms with Gasteiger partial charge in [0, 0.05) is 40.0 Å². The molecular weight excluding hydrogens is 835 g/mol. The Kier molecular flexibility index (Phi) is 20.7. The Labute approximate surface area is 416 Å². The molecule has 0 N–H and O–H groups in total. The van der Waals surface area contributed by atoms with E-state index in [4.69, 9.17) is 4.42 Å². The third kappa shape index (κ3) is 12.1. The van der Waals surface area contributed by atoms with Gasteiger partial charge in [-0.15, -0.1) is 0 Å². The van der Waals surface area contributed by atoms with Crippen LogP contribution in [-0.4, -0.2) is 0 Å².